The summed E-state index contributed by atoms with van der Waals surface area (Å²) in [5, 5.41) is 17.0. The molecule has 3 rings (SSSR count). The highest BCUT2D eigenvalue weighted by molar-refractivity contribution is 7.87. The topological polar surface area (TPSA) is 137 Å². The third kappa shape index (κ3) is 4.66. The van der Waals surface area contributed by atoms with Crippen molar-refractivity contribution in [2.45, 2.75) is 59.4 Å². The fourth-order valence-corrected chi connectivity index (χ4v) is 4.50. The minimum absolute atomic E-state index is 0.0658. The van der Waals surface area contributed by atoms with Gasteiger partial charge in [-0.05, 0) is 20.3 Å². The van der Waals surface area contributed by atoms with Crippen LogP contribution in [0.4, 0.5) is 11.8 Å². The lowest BCUT2D eigenvalue weighted by Crippen LogP contribution is -2.41. The van der Waals surface area contributed by atoms with Crippen molar-refractivity contribution in [2.24, 2.45) is 5.92 Å². The molecule has 4 N–H and O–H groups in total. The van der Waals surface area contributed by atoms with Crippen LogP contribution in [0.1, 0.15) is 41.0 Å². The van der Waals surface area contributed by atoms with E-state index in [9.17, 15) is 13.5 Å². The zero-order chi connectivity index (χ0) is 22.1. The lowest BCUT2D eigenvalue weighted by Gasteiger charge is -2.29. The number of imidazole rings is 1. The van der Waals surface area contributed by atoms with Crippen molar-refractivity contribution in [1.29, 1.82) is 0 Å². The lowest BCUT2D eigenvalue weighted by molar-refractivity contribution is 0.0414. The molecule has 11 nitrogen and oxygen atoms in total. The van der Waals surface area contributed by atoms with Gasteiger partial charge in [-0.2, -0.15) is 22.7 Å². The second-order valence-corrected chi connectivity index (χ2v) is 9.77. The van der Waals surface area contributed by atoms with Crippen molar-refractivity contribution in [2.75, 3.05) is 30.3 Å². The first kappa shape index (κ1) is 22.7. The monoisotopic (exact) mass is 440 g/mol. The Morgan fingerprint density at radius 1 is 1.33 bits per heavy atom. The average molecular weight is 441 g/mol. The zero-order valence-corrected chi connectivity index (χ0v) is 19.0. The number of hydrogen-bond donors (Lipinski definition) is 4. The molecule has 1 aliphatic heterocycles. The molecule has 3 heterocycles. The summed E-state index contributed by atoms with van der Waals surface area (Å²) < 4.78 is 30.4. The lowest BCUT2D eigenvalue weighted by atomic mass is 10.0. The predicted octanol–water partition coefficient (Wildman–Crippen LogP) is 0.963. The van der Waals surface area contributed by atoms with Crippen LogP contribution in [0, 0.1) is 5.92 Å². The van der Waals surface area contributed by atoms with Gasteiger partial charge < -0.3 is 20.3 Å². The Kier molecular flexibility index (Phi) is 6.51. The molecule has 0 amide bonds. The Bertz CT molecular complexity index is 989. The van der Waals surface area contributed by atoms with E-state index < -0.39 is 15.9 Å². The van der Waals surface area contributed by atoms with Crippen molar-refractivity contribution >= 4 is 33.1 Å². The molecule has 0 saturated carbocycles. The summed E-state index contributed by atoms with van der Waals surface area (Å²) in [5.74, 6) is 0.736. The molecule has 2 atom stereocenters. The van der Waals surface area contributed by atoms with E-state index in [2.05, 4.69) is 30.3 Å². The maximum atomic E-state index is 12.3. The van der Waals surface area contributed by atoms with Crippen LogP contribution in [0.25, 0.3) is 11.2 Å². The SMILES string of the molecule is CCNS(=O)(=O)N1CC[C@H](Nc2nc(N[C@](C)(O)C(C)C)nc3c2ncn3CC)C1. The van der Waals surface area contributed by atoms with Crippen molar-refractivity contribution in [3.8, 4) is 0 Å². The summed E-state index contributed by atoms with van der Waals surface area (Å²) in [6.07, 6.45) is 2.35. The molecule has 0 unspecified atom stereocenters. The van der Waals surface area contributed by atoms with Gasteiger partial charge in [0.2, 0.25) is 5.95 Å². The molecule has 0 bridgehead atoms. The van der Waals surface area contributed by atoms with Gasteiger partial charge in [0.05, 0.1) is 6.33 Å². The number of aryl methyl sites for hydroxylation is 1. The Morgan fingerprint density at radius 3 is 2.70 bits per heavy atom. The molecule has 1 aliphatic rings. The van der Waals surface area contributed by atoms with Crippen molar-refractivity contribution in [3.05, 3.63) is 6.33 Å². The second kappa shape index (κ2) is 8.61. The smallest absolute Gasteiger partial charge is 0.279 e. The quantitative estimate of drug-likeness (QED) is 0.423. The molecule has 0 radical (unpaired) electrons. The fourth-order valence-electron chi connectivity index (χ4n) is 3.23. The van der Waals surface area contributed by atoms with Crippen LogP contribution in [0.5, 0.6) is 0 Å². The van der Waals surface area contributed by atoms with E-state index in [-0.39, 0.29) is 17.9 Å². The first-order chi connectivity index (χ1) is 14.1. The Balaban J connectivity index is 1.89. The molecule has 0 aromatic carbocycles. The van der Waals surface area contributed by atoms with Crippen LogP contribution < -0.4 is 15.4 Å². The molecule has 1 saturated heterocycles. The maximum Gasteiger partial charge on any atom is 0.279 e. The van der Waals surface area contributed by atoms with E-state index >= 15 is 0 Å². The number of nitrogens with zero attached hydrogens (tertiary/aromatic N) is 5. The molecule has 2 aromatic rings. The van der Waals surface area contributed by atoms with E-state index in [4.69, 9.17) is 0 Å². The molecular weight excluding hydrogens is 408 g/mol. The Labute approximate surface area is 177 Å². The van der Waals surface area contributed by atoms with Gasteiger partial charge in [-0.3, -0.25) is 0 Å². The minimum atomic E-state index is -3.47. The summed E-state index contributed by atoms with van der Waals surface area (Å²) >= 11 is 0. The van der Waals surface area contributed by atoms with E-state index in [0.29, 0.717) is 49.6 Å². The Hall–Kier alpha value is -2.02. The average Bonchev–Trinajstić information content (AvgIpc) is 3.28. The normalized spacial score (nSPS) is 20.0. The molecule has 168 valence electrons. The number of aromatic nitrogens is 4. The number of rotatable bonds is 9. The summed E-state index contributed by atoms with van der Waals surface area (Å²) in [6.45, 7) is 11.0. The van der Waals surface area contributed by atoms with Gasteiger partial charge in [-0.1, -0.05) is 20.8 Å². The highest BCUT2D eigenvalue weighted by Gasteiger charge is 2.32. The molecule has 30 heavy (non-hydrogen) atoms. The van der Waals surface area contributed by atoms with Crippen LogP contribution >= 0.6 is 0 Å². The number of nitrogens with one attached hydrogen (secondary N) is 3. The van der Waals surface area contributed by atoms with Crippen molar-refractivity contribution in [3.63, 3.8) is 0 Å². The number of hydrogen-bond acceptors (Lipinski definition) is 8. The predicted molar refractivity (Wildman–Crippen MR) is 116 cm³/mol. The van der Waals surface area contributed by atoms with Gasteiger partial charge in [0, 0.05) is 38.1 Å². The van der Waals surface area contributed by atoms with Crippen molar-refractivity contribution < 1.29 is 13.5 Å². The van der Waals surface area contributed by atoms with Gasteiger partial charge in [0.15, 0.2) is 17.0 Å². The number of aliphatic hydroxyl groups is 1. The standard InChI is InChI=1S/C18H32N8O3S/c1-6-20-30(28,29)26-9-8-13(10-26)21-15-14-16(25(7-2)11-19-14)23-17(22-15)24-18(5,27)12(3)4/h11-13,20,27H,6-10H2,1-5H3,(H2,21,22,23,24)/t13-,18+/m0/s1. The highest BCUT2D eigenvalue weighted by Crippen LogP contribution is 2.26. The first-order valence-electron chi connectivity index (χ1n) is 10.3. The third-order valence-corrected chi connectivity index (χ3v) is 7.12. The molecular formula is C18H32N8O3S. The minimum Gasteiger partial charge on any atom is -0.371 e. The van der Waals surface area contributed by atoms with Crippen LogP contribution in [0.2, 0.25) is 0 Å². The summed E-state index contributed by atoms with van der Waals surface area (Å²) in [4.78, 5) is 13.5. The number of fused-ring (bicyclic) bond motifs is 1. The van der Waals surface area contributed by atoms with Gasteiger partial charge in [0.1, 0.15) is 5.72 Å². The largest absolute Gasteiger partial charge is 0.371 e. The third-order valence-electron chi connectivity index (χ3n) is 5.45. The van der Waals surface area contributed by atoms with Crippen molar-refractivity contribution in [1.82, 2.24) is 28.5 Å². The number of anilines is 2. The van der Waals surface area contributed by atoms with Gasteiger partial charge >= 0.3 is 0 Å². The summed E-state index contributed by atoms with van der Waals surface area (Å²) in [5.41, 5.74) is 0.0678. The maximum absolute atomic E-state index is 12.3. The van der Waals surface area contributed by atoms with Gasteiger partial charge in [-0.25, -0.2) is 9.71 Å². The summed E-state index contributed by atoms with van der Waals surface area (Å²) in [7, 11) is -3.47. The van der Waals surface area contributed by atoms with Crippen LogP contribution in [-0.4, -0.2) is 68.7 Å². The molecule has 1 fully saturated rings. The van der Waals surface area contributed by atoms with Crippen LogP contribution in [0.15, 0.2) is 6.33 Å². The highest BCUT2D eigenvalue weighted by atomic mass is 32.2. The molecule has 12 heteroatoms. The van der Waals surface area contributed by atoms with E-state index in [1.807, 2.05) is 25.3 Å². The van der Waals surface area contributed by atoms with Crippen LogP contribution in [0.3, 0.4) is 0 Å². The molecule has 2 aromatic heterocycles. The molecule has 0 aliphatic carbocycles. The van der Waals surface area contributed by atoms with Gasteiger partial charge in [0.25, 0.3) is 10.2 Å². The van der Waals surface area contributed by atoms with E-state index in [1.165, 1.54) is 4.31 Å². The second-order valence-electron chi connectivity index (χ2n) is 8.02. The fraction of sp³-hybridized carbons (Fsp3) is 0.722. The molecule has 0 spiro atoms. The first-order valence-corrected chi connectivity index (χ1v) is 11.8. The van der Waals surface area contributed by atoms with Gasteiger partial charge in [-0.15, -0.1) is 0 Å². The van der Waals surface area contributed by atoms with E-state index in [0.717, 1.165) is 0 Å². The van der Waals surface area contributed by atoms with Crippen LogP contribution in [-0.2, 0) is 16.8 Å². The van der Waals surface area contributed by atoms with E-state index in [1.54, 1.807) is 20.2 Å². The zero-order valence-electron chi connectivity index (χ0n) is 18.2. The Morgan fingerprint density at radius 2 is 2.07 bits per heavy atom. The summed E-state index contributed by atoms with van der Waals surface area (Å²) in [6, 6.07) is -0.109.